The largest absolute Gasteiger partial charge is 0.493 e. The van der Waals surface area contributed by atoms with Crippen LogP contribution >= 0.6 is 0 Å². The zero-order chi connectivity index (χ0) is 21.8. The van der Waals surface area contributed by atoms with E-state index in [4.69, 9.17) is 9.47 Å². The highest BCUT2D eigenvalue weighted by atomic mass is 16.5. The van der Waals surface area contributed by atoms with Gasteiger partial charge < -0.3 is 19.7 Å². The number of amides is 1. The Morgan fingerprint density at radius 2 is 1.81 bits per heavy atom. The average molecular weight is 422 g/mol. The number of carbonyl (C=O) groups excluding carboxylic acids is 1. The van der Waals surface area contributed by atoms with Gasteiger partial charge in [0.25, 0.3) is 0 Å². The van der Waals surface area contributed by atoms with E-state index in [1.807, 2.05) is 37.4 Å². The number of pyridine rings is 1. The van der Waals surface area contributed by atoms with Gasteiger partial charge in [0, 0.05) is 31.4 Å². The molecule has 1 aliphatic heterocycles. The Labute approximate surface area is 181 Å². The molecule has 0 radical (unpaired) electrons. The Hall–Kier alpha value is -3.42. The zero-order valence-electron chi connectivity index (χ0n) is 18.0. The first-order valence-electron chi connectivity index (χ1n) is 10.4. The fourth-order valence-corrected chi connectivity index (χ4v) is 3.96. The van der Waals surface area contributed by atoms with Crippen LogP contribution in [0.3, 0.4) is 0 Å². The lowest BCUT2D eigenvalue weighted by Crippen LogP contribution is -2.41. The molecule has 1 aromatic carbocycles. The molecule has 1 fully saturated rings. The summed E-state index contributed by atoms with van der Waals surface area (Å²) in [5, 5.41) is 3.15. The Kier molecular flexibility index (Phi) is 6.16. The lowest BCUT2D eigenvalue weighted by Gasteiger charge is -2.33. The molecule has 3 aromatic rings. The van der Waals surface area contributed by atoms with E-state index in [1.165, 1.54) is 0 Å². The van der Waals surface area contributed by atoms with Crippen LogP contribution in [0.4, 0.5) is 5.69 Å². The van der Waals surface area contributed by atoms with Crippen molar-refractivity contribution in [1.29, 1.82) is 0 Å². The summed E-state index contributed by atoms with van der Waals surface area (Å²) >= 11 is 0. The van der Waals surface area contributed by atoms with Gasteiger partial charge in [-0.25, -0.2) is 9.97 Å². The highest BCUT2D eigenvalue weighted by Gasteiger charge is 2.26. The molecule has 31 heavy (non-hydrogen) atoms. The van der Waals surface area contributed by atoms with E-state index < -0.39 is 0 Å². The molecule has 3 heterocycles. The van der Waals surface area contributed by atoms with Crippen molar-refractivity contribution < 1.29 is 14.3 Å². The van der Waals surface area contributed by atoms with Crippen molar-refractivity contribution in [3.8, 4) is 11.5 Å². The monoisotopic (exact) mass is 421 g/mol. The van der Waals surface area contributed by atoms with Crippen molar-refractivity contribution in [2.45, 2.75) is 25.8 Å². The number of aromatic nitrogens is 3. The summed E-state index contributed by atoms with van der Waals surface area (Å²) < 4.78 is 10.7. The maximum Gasteiger partial charge on any atom is 0.223 e. The standard InChI is InChI=1S/C23H27N5O3/c1-15(17-4-5-20(30-2)21(12-17)31-3)27-23(29)16-6-10-28(11-7-16)18-13-19-22(26-14-18)25-9-8-24-19/h4-5,8-9,12-16H,6-7,10-11H2,1-3H3,(H,27,29)/t15-/m0/s1. The molecule has 1 N–H and O–H groups in total. The summed E-state index contributed by atoms with van der Waals surface area (Å²) in [6, 6.07) is 7.60. The van der Waals surface area contributed by atoms with Crippen LogP contribution in [0, 0.1) is 5.92 Å². The van der Waals surface area contributed by atoms with Gasteiger partial charge in [0.1, 0.15) is 5.52 Å². The molecule has 162 valence electrons. The number of carbonyl (C=O) groups is 1. The molecule has 0 saturated carbocycles. The van der Waals surface area contributed by atoms with Gasteiger partial charge in [-0.15, -0.1) is 0 Å². The van der Waals surface area contributed by atoms with Gasteiger partial charge in [-0.05, 0) is 43.5 Å². The van der Waals surface area contributed by atoms with Crippen molar-refractivity contribution in [1.82, 2.24) is 20.3 Å². The second kappa shape index (κ2) is 9.16. The number of methoxy groups -OCH3 is 2. The van der Waals surface area contributed by atoms with Crippen molar-refractivity contribution in [2.75, 3.05) is 32.2 Å². The van der Waals surface area contributed by atoms with Gasteiger partial charge in [-0.3, -0.25) is 9.78 Å². The third kappa shape index (κ3) is 4.52. The van der Waals surface area contributed by atoms with Crippen molar-refractivity contribution >= 4 is 22.8 Å². The third-order valence-electron chi connectivity index (χ3n) is 5.81. The minimum Gasteiger partial charge on any atom is -0.493 e. The molecule has 1 aliphatic rings. The molecule has 1 amide bonds. The molecule has 0 spiro atoms. The fourth-order valence-electron chi connectivity index (χ4n) is 3.96. The number of benzene rings is 1. The number of hydrogen-bond donors (Lipinski definition) is 1. The molecule has 1 atom stereocenters. The molecular formula is C23H27N5O3. The topological polar surface area (TPSA) is 89.5 Å². The lowest BCUT2D eigenvalue weighted by atomic mass is 9.95. The van der Waals surface area contributed by atoms with Crippen LogP contribution in [-0.2, 0) is 4.79 Å². The van der Waals surface area contributed by atoms with Gasteiger partial charge >= 0.3 is 0 Å². The first-order chi connectivity index (χ1) is 15.1. The first kappa shape index (κ1) is 20.8. The summed E-state index contributed by atoms with van der Waals surface area (Å²) in [5.41, 5.74) is 3.42. The molecule has 0 bridgehead atoms. The summed E-state index contributed by atoms with van der Waals surface area (Å²) in [5.74, 6) is 1.41. The number of nitrogens with zero attached hydrogens (tertiary/aromatic N) is 4. The second-order valence-electron chi connectivity index (χ2n) is 7.70. The molecule has 8 heteroatoms. The Balaban J connectivity index is 1.35. The van der Waals surface area contributed by atoms with E-state index in [9.17, 15) is 4.79 Å². The minimum atomic E-state index is -0.117. The van der Waals surface area contributed by atoms with E-state index >= 15 is 0 Å². The van der Waals surface area contributed by atoms with Crippen LogP contribution in [0.25, 0.3) is 11.2 Å². The van der Waals surface area contributed by atoms with Gasteiger partial charge in [0.15, 0.2) is 17.1 Å². The smallest absolute Gasteiger partial charge is 0.223 e. The quantitative estimate of drug-likeness (QED) is 0.654. The molecule has 0 aliphatic carbocycles. The average Bonchev–Trinajstić information content (AvgIpc) is 2.83. The predicted octanol–water partition coefficient (Wildman–Crippen LogP) is 3.14. The molecule has 2 aromatic heterocycles. The molecular weight excluding hydrogens is 394 g/mol. The minimum absolute atomic E-state index is 0.00736. The number of piperidine rings is 1. The van der Waals surface area contributed by atoms with Crippen molar-refractivity contribution in [2.24, 2.45) is 5.92 Å². The SMILES string of the molecule is COc1ccc([C@H](C)NC(=O)C2CCN(c3cnc4nccnc4c3)CC2)cc1OC. The number of rotatable bonds is 6. The highest BCUT2D eigenvalue weighted by molar-refractivity contribution is 5.79. The summed E-state index contributed by atoms with van der Waals surface area (Å²) in [6.07, 6.45) is 6.73. The summed E-state index contributed by atoms with van der Waals surface area (Å²) in [6.45, 7) is 3.59. The van der Waals surface area contributed by atoms with Crippen LogP contribution in [0.2, 0.25) is 0 Å². The van der Waals surface area contributed by atoms with E-state index in [1.54, 1.807) is 26.6 Å². The Morgan fingerprint density at radius 3 is 2.55 bits per heavy atom. The van der Waals surface area contributed by atoms with Gasteiger partial charge in [0.05, 0.1) is 32.1 Å². The maximum absolute atomic E-state index is 12.9. The number of fused-ring (bicyclic) bond motifs is 1. The molecule has 8 nitrogen and oxygen atoms in total. The number of anilines is 1. The summed E-state index contributed by atoms with van der Waals surface area (Å²) in [4.78, 5) is 28.1. The Bertz CT molecular complexity index is 1070. The van der Waals surface area contributed by atoms with Crippen LogP contribution < -0.4 is 19.7 Å². The predicted molar refractivity (Wildman–Crippen MR) is 118 cm³/mol. The van der Waals surface area contributed by atoms with E-state index in [2.05, 4.69) is 25.2 Å². The van der Waals surface area contributed by atoms with Crippen LogP contribution in [0.5, 0.6) is 11.5 Å². The van der Waals surface area contributed by atoms with Crippen LogP contribution in [0.1, 0.15) is 31.4 Å². The van der Waals surface area contributed by atoms with Gasteiger partial charge in [-0.1, -0.05) is 6.07 Å². The summed E-state index contributed by atoms with van der Waals surface area (Å²) in [7, 11) is 3.22. The Morgan fingerprint density at radius 1 is 1.06 bits per heavy atom. The van der Waals surface area contributed by atoms with Crippen molar-refractivity contribution in [3.05, 3.63) is 48.4 Å². The highest BCUT2D eigenvalue weighted by Crippen LogP contribution is 2.30. The number of hydrogen-bond acceptors (Lipinski definition) is 7. The van der Waals surface area contributed by atoms with E-state index in [-0.39, 0.29) is 17.9 Å². The zero-order valence-corrected chi connectivity index (χ0v) is 18.0. The van der Waals surface area contributed by atoms with E-state index in [0.29, 0.717) is 17.1 Å². The fraction of sp³-hybridized carbons (Fsp3) is 0.391. The second-order valence-corrected chi connectivity index (χ2v) is 7.70. The van der Waals surface area contributed by atoms with Crippen LogP contribution in [0.15, 0.2) is 42.9 Å². The molecule has 0 unspecified atom stereocenters. The normalized spacial score (nSPS) is 15.5. The third-order valence-corrected chi connectivity index (χ3v) is 5.81. The molecule has 4 rings (SSSR count). The number of nitrogens with one attached hydrogen (secondary N) is 1. The van der Waals surface area contributed by atoms with Crippen LogP contribution in [-0.4, -0.2) is 48.2 Å². The van der Waals surface area contributed by atoms with Crippen molar-refractivity contribution in [3.63, 3.8) is 0 Å². The molecule has 1 saturated heterocycles. The maximum atomic E-state index is 12.9. The van der Waals surface area contributed by atoms with E-state index in [0.717, 1.165) is 42.7 Å². The van der Waals surface area contributed by atoms with Gasteiger partial charge in [-0.2, -0.15) is 0 Å². The first-order valence-corrected chi connectivity index (χ1v) is 10.4. The lowest BCUT2D eigenvalue weighted by molar-refractivity contribution is -0.126. The number of ether oxygens (including phenoxy) is 2. The van der Waals surface area contributed by atoms with Gasteiger partial charge in [0.2, 0.25) is 5.91 Å².